The molecular weight excluding hydrogens is 284 g/mol. The van der Waals surface area contributed by atoms with Gasteiger partial charge in [-0.3, -0.25) is 4.57 Å². The number of nitrogens with zero attached hydrogens (tertiary/aromatic N) is 4. The molecule has 0 aliphatic heterocycles. The van der Waals surface area contributed by atoms with Crippen LogP contribution >= 0.6 is 23.5 Å². The van der Waals surface area contributed by atoms with Crippen LogP contribution in [0.2, 0.25) is 0 Å². The van der Waals surface area contributed by atoms with Gasteiger partial charge in [0.25, 0.3) is 0 Å². The SMILES string of the molecule is CCNc1cc(Sc2n[nH]c(=O)n2C)nc(SC)n1. The van der Waals surface area contributed by atoms with E-state index in [1.807, 2.05) is 19.2 Å². The summed E-state index contributed by atoms with van der Waals surface area (Å²) in [5.74, 6) is 0.768. The van der Waals surface area contributed by atoms with Crippen LogP contribution in [-0.4, -0.2) is 37.5 Å². The first kappa shape index (κ1) is 13.9. The summed E-state index contributed by atoms with van der Waals surface area (Å²) in [4.78, 5) is 20.0. The van der Waals surface area contributed by atoms with Gasteiger partial charge in [0.05, 0.1) is 0 Å². The van der Waals surface area contributed by atoms with Gasteiger partial charge in [-0.2, -0.15) is 0 Å². The molecule has 0 aliphatic rings. The lowest BCUT2D eigenvalue weighted by Crippen LogP contribution is -2.12. The van der Waals surface area contributed by atoms with Gasteiger partial charge in [0.2, 0.25) is 0 Å². The van der Waals surface area contributed by atoms with E-state index in [-0.39, 0.29) is 5.69 Å². The maximum absolute atomic E-state index is 11.3. The number of hydrogen-bond acceptors (Lipinski definition) is 7. The minimum Gasteiger partial charge on any atom is -0.370 e. The maximum atomic E-state index is 11.3. The Hall–Kier alpha value is -1.48. The Morgan fingerprint density at radius 1 is 1.47 bits per heavy atom. The molecule has 0 spiro atoms. The van der Waals surface area contributed by atoms with E-state index in [0.717, 1.165) is 17.4 Å². The molecule has 19 heavy (non-hydrogen) atoms. The van der Waals surface area contributed by atoms with Crippen LogP contribution in [0, 0.1) is 0 Å². The van der Waals surface area contributed by atoms with Crippen LogP contribution < -0.4 is 11.0 Å². The fourth-order valence-corrected chi connectivity index (χ4v) is 2.57. The van der Waals surface area contributed by atoms with E-state index in [1.165, 1.54) is 28.1 Å². The highest BCUT2D eigenvalue weighted by Gasteiger charge is 2.10. The van der Waals surface area contributed by atoms with Gasteiger partial charge in [-0.25, -0.2) is 19.9 Å². The van der Waals surface area contributed by atoms with E-state index < -0.39 is 0 Å². The highest BCUT2D eigenvalue weighted by atomic mass is 32.2. The lowest BCUT2D eigenvalue weighted by Gasteiger charge is -2.06. The number of aromatic amines is 1. The van der Waals surface area contributed by atoms with Gasteiger partial charge in [0, 0.05) is 19.7 Å². The summed E-state index contributed by atoms with van der Waals surface area (Å²) in [5.41, 5.74) is -0.242. The molecule has 2 aromatic rings. The first-order valence-corrected chi connectivity index (χ1v) is 7.64. The molecule has 0 aromatic carbocycles. The van der Waals surface area contributed by atoms with Crippen LogP contribution in [0.1, 0.15) is 6.92 Å². The van der Waals surface area contributed by atoms with Crippen molar-refractivity contribution in [3.8, 4) is 0 Å². The maximum Gasteiger partial charge on any atom is 0.343 e. The van der Waals surface area contributed by atoms with E-state index in [1.54, 1.807) is 7.05 Å². The number of anilines is 1. The van der Waals surface area contributed by atoms with Crippen LogP contribution in [0.3, 0.4) is 0 Å². The highest BCUT2D eigenvalue weighted by molar-refractivity contribution is 7.99. The quantitative estimate of drug-likeness (QED) is 0.487. The second kappa shape index (κ2) is 6.11. The third-order valence-electron chi connectivity index (χ3n) is 2.26. The third-order valence-corrected chi connectivity index (χ3v) is 3.77. The van der Waals surface area contributed by atoms with Crippen LogP contribution in [0.15, 0.2) is 26.2 Å². The normalized spacial score (nSPS) is 10.7. The topological polar surface area (TPSA) is 88.5 Å². The Labute approximate surface area is 118 Å². The highest BCUT2D eigenvalue weighted by Crippen LogP contribution is 2.26. The summed E-state index contributed by atoms with van der Waals surface area (Å²) in [6.07, 6.45) is 1.92. The number of hydrogen-bond donors (Lipinski definition) is 2. The lowest BCUT2D eigenvalue weighted by atomic mass is 10.5. The first-order valence-electron chi connectivity index (χ1n) is 5.60. The second-order valence-corrected chi connectivity index (χ2v) is 5.34. The number of aromatic nitrogens is 5. The second-order valence-electron chi connectivity index (χ2n) is 3.58. The molecule has 0 aliphatic carbocycles. The zero-order chi connectivity index (χ0) is 13.8. The average Bonchev–Trinajstić information content (AvgIpc) is 2.71. The fourth-order valence-electron chi connectivity index (χ4n) is 1.34. The fraction of sp³-hybridized carbons (Fsp3) is 0.400. The van der Waals surface area contributed by atoms with E-state index in [0.29, 0.717) is 10.3 Å². The molecule has 0 bridgehead atoms. The van der Waals surface area contributed by atoms with E-state index in [2.05, 4.69) is 25.5 Å². The molecule has 0 saturated carbocycles. The molecule has 0 radical (unpaired) electrons. The minimum atomic E-state index is -0.242. The van der Waals surface area contributed by atoms with E-state index in [4.69, 9.17) is 0 Å². The average molecular weight is 298 g/mol. The van der Waals surface area contributed by atoms with Crippen molar-refractivity contribution in [2.75, 3.05) is 18.1 Å². The van der Waals surface area contributed by atoms with Crippen molar-refractivity contribution in [3.05, 3.63) is 16.6 Å². The molecule has 2 aromatic heterocycles. The molecule has 2 rings (SSSR count). The summed E-state index contributed by atoms with van der Waals surface area (Å²) in [6.45, 7) is 2.79. The molecule has 0 unspecified atom stereocenters. The Bertz CT molecular complexity index is 623. The van der Waals surface area contributed by atoms with E-state index in [9.17, 15) is 4.79 Å². The number of nitrogens with one attached hydrogen (secondary N) is 2. The smallest absolute Gasteiger partial charge is 0.343 e. The molecule has 9 heteroatoms. The summed E-state index contributed by atoms with van der Waals surface area (Å²) in [7, 11) is 1.66. The summed E-state index contributed by atoms with van der Waals surface area (Å²) in [6, 6.07) is 1.84. The van der Waals surface area contributed by atoms with Crippen molar-refractivity contribution in [3.63, 3.8) is 0 Å². The largest absolute Gasteiger partial charge is 0.370 e. The molecular formula is C10H14N6OS2. The van der Waals surface area contributed by atoms with Gasteiger partial charge >= 0.3 is 5.69 Å². The molecule has 2 N–H and O–H groups in total. The van der Waals surface area contributed by atoms with Crippen molar-refractivity contribution < 1.29 is 0 Å². The molecule has 0 fully saturated rings. The van der Waals surface area contributed by atoms with Gasteiger partial charge in [-0.05, 0) is 24.9 Å². The van der Waals surface area contributed by atoms with Gasteiger partial charge in [0.15, 0.2) is 10.3 Å². The molecule has 2 heterocycles. The predicted octanol–water partition coefficient (Wildman–Crippen LogP) is 1.20. The minimum absolute atomic E-state index is 0.242. The Balaban J connectivity index is 2.31. The zero-order valence-corrected chi connectivity index (χ0v) is 12.4. The molecule has 7 nitrogen and oxygen atoms in total. The van der Waals surface area contributed by atoms with Crippen LogP contribution in [0.4, 0.5) is 5.82 Å². The standard InChI is InChI=1S/C10H14N6OS2/c1-4-11-6-5-7(13-8(12-6)18-3)19-10-15-14-9(17)16(10)2/h5H,4H2,1-3H3,(H,14,17)(H,11,12,13). The third kappa shape index (κ3) is 3.29. The molecule has 0 amide bonds. The number of thioether (sulfide) groups is 1. The Morgan fingerprint density at radius 2 is 2.26 bits per heavy atom. The van der Waals surface area contributed by atoms with Crippen molar-refractivity contribution in [1.82, 2.24) is 24.7 Å². The van der Waals surface area contributed by atoms with Gasteiger partial charge in [-0.1, -0.05) is 11.8 Å². The predicted molar refractivity (Wildman–Crippen MR) is 75.9 cm³/mol. The summed E-state index contributed by atoms with van der Waals surface area (Å²) < 4.78 is 1.44. The number of H-pyrrole nitrogens is 1. The lowest BCUT2D eigenvalue weighted by molar-refractivity contribution is 0.763. The molecule has 0 atom stereocenters. The van der Waals surface area contributed by atoms with Crippen molar-refractivity contribution in [1.29, 1.82) is 0 Å². The first-order chi connectivity index (χ1) is 9.13. The van der Waals surface area contributed by atoms with Crippen molar-refractivity contribution in [2.24, 2.45) is 7.05 Å². The van der Waals surface area contributed by atoms with Gasteiger partial charge < -0.3 is 5.32 Å². The summed E-state index contributed by atoms with van der Waals surface area (Å²) >= 11 is 2.79. The zero-order valence-electron chi connectivity index (χ0n) is 10.8. The Kier molecular flexibility index (Phi) is 4.48. The van der Waals surface area contributed by atoms with E-state index >= 15 is 0 Å². The monoisotopic (exact) mass is 298 g/mol. The van der Waals surface area contributed by atoms with Crippen LogP contribution in [-0.2, 0) is 7.05 Å². The van der Waals surface area contributed by atoms with Gasteiger partial charge in [-0.15, -0.1) is 5.10 Å². The Morgan fingerprint density at radius 3 is 2.84 bits per heavy atom. The van der Waals surface area contributed by atoms with Crippen LogP contribution in [0.5, 0.6) is 0 Å². The number of rotatable bonds is 5. The van der Waals surface area contributed by atoms with Gasteiger partial charge in [0.1, 0.15) is 10.8 Å². The van der Waals surface area contributed by atoms with Crippen molar-refractivity contribution >= 4 is 29.3 Å². The molecule has 102 valence electrons. The molecule has 0 saturated heterocycles. The van der Waals surface area contributed by atoms with Crippen molar-refractivity contribution in [2.45, 2.75) is 22.3 Å². The summed E-state index contributed by atoms with van der Waals surface area (Å²) in [5, 5.41) is 11.5. The van der Waals surface area contributed by atoms with Crippen LogP contribution in [0.25, 0.3) is 0 Å².